The molecule has 0 saturated heterocycles. The van der Waals surface area contributed by atoms with Gasteiger partial charge in [-0.15, -0.1) is 11.3 Å². The lowest BCUT2D eigenvalue weighted by molar-refractivity contribution is 0.394. The number of fused-ring (bicyclic) bond motifs is 1. The van der Waals surface area contributed by atoms with Crippen LogP contribution in [0.5, 0.6) is 5.88 Å². The molecule has 0 aliphatic carbocycles. The second-order valence-corrected chi connectivity index (χ2v) is 6.32. The fraction of sp³-hybridized carbons (Fsp3) is 0.400. The molecule has 2 aromatic heterocycles. The maximum Gasteiger partial charge on any atom is 0.235 e. The topological polar surface area (TPSA) is 35.0 Å². The molecule has 2 rings (SSSR count). The highest BCUT2D eigenvalue weighted by Crippen LogP contribution is 2.38. The summed E-state index contributed by atoms with van der Waals surface area (Å²) in [6.45, 7) is 5.88. The molecule has 0 fully saturated rings. The van der Waals surface area contributed by atoms with Gasteiger partial charge in [0, 0.05) is 0 Å². The van der Waals surface area contributed by atoms with E-state index >= 15 is 0 Å². The van der Waals surface area contributed by atoms with E-state index in [1.807, 2.05) is 20.8 Å². The van der Waals surface area contributed by atoms with E-state index < -0.39 is 0 Å². The van der Waals surface area contributed by atoms with Gasteiger partial charge in [-0.05, 0) is 38.8 Å². The van der Waals surface area contributed by atoms with Gasteiger partial charge >= 0.3 is 0 Å². The van der Waals surface area contributed by atoms with Gasteiger partial charge in [-0.25, -0.2) is 9.97 Å². The Kier molecular flexibility index (Phi) is 5.14. The van der Waals surface area contributed by atoms with Crippen molar-refractivity contribution in [2.45, 2.75) is 20.8 Å². The van der Waals surface area contributed by atoms with Crippen LogP contribution in [0.1, 0.15) is 19.5 Å². The second kappa shape index (κ2) is 5.93. The minimum absolute atomic E-state index is 0.573. The largest absolute Gasteiger partial charge is 0.480 e. The van der Waals surface area contributed by atoms with E-state index in [9.17, 15) is 0 Å². The summed E-state index contributed by atoms with van der Waals surface area (Å²) in [7, 11) is 1.60. The summed E-state index contributed by atoms with van der Waals surface area (Å²) in [6.07, 6.45) is 0. The van der Waals surface area contributed by atoms with Crippen molar-refractivity contribution in [2.24, 2.45) is 0 Å². The Bertz CT molecular complexity index is 499. The van der Waals surface area contributed by atoms with Crippen LogP contribution < -0.4 is 4.74 Å². The zero-order chi connectivity index (χ0) is 12.3. The molecule has 0 spiro atoms. The number of hydrogen-bond acceptors (Lipinski definition) is 4. The van der Waals surface area contributed by atoms with Crippen molar-refractivity contribution < 1.29 is 4.74 Å². The van der Waals surface area contributed by atoms with Gasteiger partial charge in [-0.2, -0.15) is 0 Å². The van der Waals surface area contributed by atoms with E-state index in [4.69, 9.17) is 4.74 Å². The molecule has 0 aliphatic heterocycles. The number of halogens is 2. The summed E-state index contributed by atoms with van der Waals surface area (Å²) >= 11 is 8.44. The molecular formula is C10H12Br2N2OS. The molecule has 0 aromatic carbocycles. The van der Waals surface area contributed by atoms with E-state index in [1.165, 1.54) is 0 Å². The summed E-state index contributed by atoms with van der Waals surface area (Å²) in [5.41, 5.74) is 2.51. The highest BCUT2D eigenvalue weighted by molar-refractivity contribution is 9.12. The number of aromatic nitrogens is 2. The molecule has 0 N–H and O–H groups in total. The van der Waals surface area contributed by atoms with Crippen molar-refractivity contribution in [1.82, 2.24) is 9.97 Å². The molecule has 0 amide bonds. The smallest absolute Gasteiger partial charge is 0.235 e. The van der Waals surface area contributed by atoms with E-state index in [-0.39, 0.29) is 0 Å². The molecule has 0 saturated carbocycles. The second-order valence-electron chi connectivity index (χ2n) is 2.66. The number of aryl methyl sites for hydroxylation is 1. The molecular weight excluding hydrogens is 356 g/mol. The molecule has 0 unspecified atom stereocenters. The Labute approximate surface area is 116 Å². The highest BCUT2D eigenvalue weighted by Gasteiger charge is 2.13. The third-order valence-corrected chi connectivity index (χ3v) is 4.24. The lowest BCUT2D eigenvalue weighted by atomic mass is 10.4. The third kappa shape index (κ3) is 2.55. The molecule has 2 heterocycles. The quantitative estimate of drug-likeness (QED) is 0.740. The zero-order valence-electron chi connectivity index (χ0n) is 9.47. The van der Waals surface area contributed by atoms with Crippen molar-refractivity contribution in [2.75, 3.05) is 7.11 Å². The van der Waals surface area contributed by atoms with Crippen LogP contribution >= 0.6 is 43.2 Å². The first-order chi connectivity index (χ1) is 7.63. The summed E-state index contributed by atoms with van der Waals surface area (Å²) in [4.78, 5) is 8.78. The van der Waals surface area contributed by atoms with Gasteiger partial charge in [0.15, 0.2) is 0 Å². The predicted octanol–water partition coefficient (Wildman–Crippen LogP) is 4.56. The number of hydrogen-bond donors (Lipinski definition) is 0. The molecule has 16 heavy (non-hydrogen) atoms. The lowest BCUT2D eigenvalue weighted by Gasteiger charge is -2.02. The number of ether oxygens (including phenoxy) is 1. The van der Waals surface area contributed by atoms with Crippen LogP contribution in [-0.4, -0.2) is 17.1 Å². The molecule has 3 nitrogen and oxygen atoms in total. The SMILES string of the molecule is CC.COc1nc2c(Br)sc(Br)c2nc1C. The number of thiophene rings is 1. The van der Waals surface area contributed by atoms with E-state index in [1.54, 1.807) is 18.4 Å². The molecule has 2 aromatic rings. The summed E-state index contributed by atoms with van der Waals surface area (Å²) < 4.78 is 7.06. The summed E-state index contributed by atoms with van der Waals surface area (Å²) in [5.74, 6) is 0.573. The molecule has 6 heteroatoms. The van der Waals surface area contributed by atoms with Crippen molar-refractivity contribution in [3.05, 3.63) is 13.3 Å². The van der Waals surface area contributed by atoms with Crippen LogP contribution in [0.15, 0.2) is 7.57 Å². The number of rotatable bonds is 1. The first-order valence-electron chi connectivity index (χ1n) is 4.79. The van der Waals surface area contributed by atoms with E-state index in [0.717, 1.165) is 24.3 Å². The maximum absolute atomic E-state index is 5.11. The van der Waals surface area contributed by atoms with Crippen molar-refractivity contribution in [1.29, 1.82) is 0 Å². The first kappa shape index (κ1) is 13.9. The Balaban J connectivity index is 0.000000606. The molecule has 0 aliphatic rings. The standard InChI is InChI=1S/C8H6Br2N2OS.C2H6/c1-3-8(13-2)12-5-4(11-3)6(9)14-7(5)10;1-2/h1-2H3;1-2H3. The van der Waals surface area contributed by atoms with Crippen LogP contribution in [0, 0.1) is 6.92 Å². The summed E-state index contributed by atoms with van der Waals surface area (Å²) in [6, 6.07) is 0. The van der Waals surface area contributed by atoms with Gasteiger partial charge in [0.25, 0.3) is 0 Å². The van der Waals surface area contributed by atoms with Gasteiger partial charge in [0.05, 0.1) is 14.7 Å². The van der Waals surface area contributed by atoms with Gasteiger partial charge in [0.1, 0.15) is 16.7 Å². The Morgan fingerprint density at radius 1 is 1.06 bits per heavy atom. The average molecular weight is 368 g/mol. The van der Waals surface area contributed by atoms with E-state index in [2.05, 4.69) is 41.8 Å². The Morgan fingerprint density at radius 3 is 2.06 bits per heavy atom. The van der Waals surface area contributed by atoms with Crippen LogP contribution in [0.25, 0.3) is 11.0 Å². The number of nitrogens with zero attached hydrogens (tertiary/aromatic N) is 2. The van der Waals surface area contributed by atoms with Gasteiger partial charge in [-0.3, -0.25) is 0 Å². The Hall–Kier alpha value is -0.200. The maximum atomic E-state index is 5.11. The molecule has 88 valence electrons. The minimum atomic E-state index is 0.573. The molecule has 0 bridgehead atoms. The van der Waals surface area contributed by atoms with Crippen molar-refractivity contribution in [3.63, 3.8) is 0 Å². The molecule has 0 radical (unpaired) electrons. The lowest BCUT2D eigenvalue weighted by Crippen LogP contribution is -1.94. The highest BCUT2D eigenvalue weighted by atomic mass is 79.9. The molecule has 0 atom stereocenters. The van der Waals surface area contributed by atoms with E-state index in [0.29, 0.717) is 5.88 Å². The van der Waals surface area contributed by atoms with Gasteiger partial charge in [0.2, 0.25) is 5.88 Å². The Morgan fingerprint density at radius 2 is 1.56 bits per heavy atom. The average Bonchev–Trinajstić information content (AvgIpc) is 2.56. The fourth-order valence-corrected chi connectivity index (χ4v) is 3.96. The van der Waals surface area contributed by atoms with Crippen LogP contribution in [0.2, 0.25) is 0 Å². The van der Waals surface area contributed by atoms with Gasteiger partial charge in [-0.1, -0.05) is 13.8 Å². The zero-order valence-corrected chi connectivity index (χ0v) is 13.5. The third-order valence-electron chi connectivity index (χ3n) is 1.77. The monoisotopic (exact) mass is 366 g/mol. The van der Waals surface area contributed by atoms with Crippen LogP contribution in [0.3, 0.4) is 0 Å². The first-order valence-corrected chi connectivity index (χ1v) is 7.20. The summed E-state index contributed by atoms with van der Waals surface area (Å²) in [5, 5.41) is 0. The predicted molar refractivity (Wildman–Crippen MR) is 75.5 cm³/mol. The van der Waals surface area contributed by atoms with Crippen LogP contribution in [0.4, 0.5) is 0 Å². The van der Waals surface area contributed by atoms with Crippen molar-refractivity contribution in [3.8, 4) is 5.88 Å². The minimum Gasteiger partial charge on any atom is -0.480 e. The normalized spacial score (nSPS) is 9.88. The van der Waals surface area contributed by atoms with Crippen LogP contribution in [-0.2, 0) is 0 Å². The van der Waals surface area contributed by atoms with Gasteiger partial charge < -0.3 is 4.74 Å². The number of methoxy groups -OCH3 is 1. The fourth-order valence-electron chi connectivity index (χ4n) is 1.15. The van der Waals surface area contributed by atoms with Crippen molar-refractivity contribution >= 4 is 54.2 Å².